The summed E-state index contributed by atoms with van der Waals surface area (Å²) in [5.41, 5.74) is 1.43. The van der Waals surface area contributed by atoms with Gasteiger partial charge in [0.1, 0.15) is 0 Å². The van der Waals surface area contributed by atoms with E-state index >= 15 is 0 Å². The molecule has 0 aromatic heterocycles. The predicted octanol–water partition coefficient (Wildman–Crippen LogP) is 3.90. The van der Waals surface area contributed by atoms with Crippen molar-refractivity contribution in [3.05, 3.63) is 33.8 Å². The Morgan fingerprint density at radius 2 is 2.00 bits per heavy atom. The minimum absolute atomic E-state index is 0.142. The Kier molecular flexibility index (Phi) is 4.02. The van der Waals surface area contributed by atoms with Gasteiger partial charge in [-0.1, -0.05) is 36.2 Å². The number of hydrogen-bond acceptors (Lipinski definition) is 2. The van der Waals surface area contributed by atoms with E-state index in [1.807, 2.05) is 12.1 Å². The van der Waals surface area contributed by atoms with Crippen LogP contribution in [-0.2, 0) is 10.2 Å². The van der Waals surface area contributed by atoms with Crippen LogP contribution in [0, 0.1) is 11.8 Å². The largest absolute Gasteiger partial charge is 0.378 e. The second-order valence-corrected chi connectivity index (χ2v) is 6.88. The molecule has 1 heterocycles. The third-order valence-electron chi connectivity index (χ3n) is 5.07. The van der Waals surface area contributed by atoms with E-state index in [-0.39, 0.29) is 5.41 Å². The van der Waals surface area contributed by atoms with Gasteiger partial charge in [0.2, 0.25) is 0 Å². The van der Waals surface area contributed by atoms with E-state index in [9.17, 15) is 0 Å². The molecule has 1 N–H and O–H groups in total. The number of fused-ring (bicyclic) bond motifs is 1. The Labute approximate surface area is 130 Å². The molecule has 0 bridgehead atoms. The van der Waals surface area contributed by atoms with Crippen LogP contribution in [0.3, 0.4) is 0 Å². The van der Waals surface area contributed by atoms with E-state index in [1.54, 1.807) is 0 Å². The molecule has 110 valence electrons. The van der Waals surface area contributed by atoms with Gasteiger partial charge in [-0.05, 0) is 56.0 Å². The summed E-state index contributed by atoms with van der Waals surface area (Å²) in [6.07, 6.45) is 1.36. The molecule has 0 amide bonds. The molecule has 1 aliphatic heterocycles. The zero-order valence-electron chi connectivity index (χ0n) is 12.0. The quantitative estimate of drug-likeness (QED) is 0.890. The molecule has 1 saturated carbocycles. The highest BCUT2D eigenvalue weighted by Gasteiger charge is 2.67. The van der Waals surface area contributed by atoms with E-state index < -0.39 is 0 Å². The maximum atomic E-state index is 6.21. The first kappa shape index (κ1) is 14.6. The van der Waals surface area contributed by atoms with E-state index in [0.717, 1.165) is 26.1 Å². The van der Waals surface area contributed by atoms with Crippen LogP contribution in [0.5, 0.6) is 0 Å². The van der Waals surface area contributed by atoms with E-state index in [4.69, 9.17) is 27.9 Å². The van der Waals surface area contributed by atoms with Crippen molar-refractivity contribution in [2.75, 3.05) is 19.7 Å². The Hall–Kier alpha value is -0.280. The highest BCUT2D eigenvalue weighted by Crippen LogP contribution is 2.62. The highest BCUT2D eigenvalue weighted by atomic mass is 35.5. The van der Waals surface area contributed by atoms with Crippen molar-refractivity contribution in [2.45, 2.75) is 31.8 Å². The topological polar surface area (TPSA) is 21.3 Å². The molecule has 0 radical (unpaired) electrons. The Balaban J connectivity index is 1.85. The number of rotatable bonds is 5. The summed E-state index contributed by atoms with van der Waals surface area (Å²) in [5.74, 6) is 1.34. The van der Waals surface area contributed by atoms with Crippen molar-refractivity contribution in [3.63, 3.8) is 0 Å². The van der Waals surface area contributed by atoms with Crippen molar-refractivity contribution in [1.82, 2.24) is 5.32 Å². The highest BCUT2D eigenvalue weighted by molar-refractivity contribution is 6.42. The maximum Gasteiger partial charge on any atom is 0.0595 e. The Morgan fingerprint density at radius 3 is 2.60 bits per heavy atom. The van der Waals surface area contributed by atoms with Crippen molar-refractivity contribution >= 4 is 23.2 Å². The van der Waals surface area contributed by atoms with Gasteiger partial charge in [0.15, 0.2) is 0 Å². The molecule has 4 heteroatoms. The van der Waals surface area contributed by atoms with Crippen LogP contribution in [0.2, 0.25) is 10.0 Å². The number of hydrogen-bond donors (Lipinski definition) is 1. The average Bonchev–Trinajstić information content (AvgIpc) is 2.82. The summed E-state index contributed by atoms with van der Waals surface area (Å²) in [6.45, 7) is 7.24. The minimum Gasteiger partial charge on any atom is -0.378 e. The monoisotopic (exact) mass is 313 g/mol. The van der Waals surface area contributed by atoms with Gasteiger partial charge in [-0.15, -0.1) is 0 Å². The van der Waals surface area contributed by atoms with Gasteiger partial charge in [0, 0.05) is 5.41 Å². The molecule has 1 aliphatic carbocycles. The van der Waals surface area contributed by atoms with Gasteiger partial charge in [-0.25, -0.2) is 0 Å². The van der Waals surface area contributed by atoms with Gasteiger partial charge in [0.25, 0.3) is 0 Å². The van der Waals surface area contributed by atoms with Crippen molar-refractivity contribution in [1.29, 1.82) is 0 Å². The van der Waals surface area contributed by atoms with Crippen LogP contribution in [0.4, 0.5) is 0 Å². The number of ether oxygens (including phenoxy) is 1. The molecule has 20 heavy (non-hydrogen) atoms. The van der Waals surface area contributed by atoms with Crippen molar-refractivity contribution in [3.8, 4) is 0 Å². The normalized spacial score (nSPS) is 33.0. The Morgan fingerprint density at radius 1 is 1.30 bits per heavy atom. The van der Waals surface area contributed by atoms with Gasteiger partial charge in [-0.2, -0.15) is 0 Å². The molecule has 1 unspecified atom stereocenters. The molecule has 1 saturated heterocycles. The summed E-state index contributed by atoms with van der Waals surface area (Å²) in [7, 11) is 0. The lowest BCUT2D eigenvalue weighted by molar-refractivity contribution is 0.0411. The lowest BCUT2D eigenvalue weighted by Crippen LogP contribution is -2.31. The molecule has 2 aliphatic rings. The van der Waals surface area contributed by atoms with Crippen molar-refractivity contribution < 1.29 is 4.74 Å². The maximum absolute atomic E-state index is 6.21. The minimum atomic E-state index is 0.142. The van der Waals surface area contributed by atoms with Crippen LogP contribution in [-0.4, -0.2) is 25.8 Å². The van der Waals surface area contributed by atoms with Crippen LogP contribution in [0.25, 0.3) is 0 Å². The van der Waals surface area contributed by atoms with Crippen LogP contribution in [0.15, 0.2) is 18.2 Å². The summed E-state index contributed by atoms with van der Waals surface area (Å²) < 4.78 is 6.08. The molecule has 3 rings (SSSR count). The second-order valence-electron chi connectivity index (χ2n) is 6.07. The fraction of sp³-hybridized carbons (Fsp3) is 0.625. The summed E-state index contributed by atoms with van der Waals surface area (Å²) in [5, 5.41) is 4.73. The van der Waals surface area contributed by atoms with Gasteiger partial charge >= 0.3 is 0 Å². The molecule has 1 aromatic carbocycles. The van der Waals surface area contributed by atoms with Crippen LogP contribution < -0.4 is 5.32 Å². The molecular weight excluding hydrogens is 293 g/mol. The van der Waals surface area contributed by atoms with Gasteiger partial charge in [-0.3, -0.25) is 0 Å². The summed E-state index contributed by atoms with van der Waals surface area (Å²) in [6, 6.07) is 6.06. The third kappa shape index (κ3) is 2.27. The number of nitrogens with one attached hydrogen (secondary N) is 1. The zero-order valence-corrected chi connectivity index (χ0v) is 13.5. The molecule has 4 atom stereocenters. The average molecular weight is 314 g/mol. The molecular formula is C16H21Cl2NO. The summed E-state index contributed by atoms with van der Waals surface area (Å²) in [4.78, 5) is 0. The molecule has 0 spiro atoms. The lowest BCUT2D eigenvalue weighted by atomic mass is 9.91. The molecule has 1 aromatic rings. The second kappa shape index (κ2) is 5.49. The van der Waals surface area contributed by atoms with Crippen LogP contribution in [0.1, 0.15) is 25.8 Å². The fourth-order valence-electron chi connectivity index (χ4n) is 3.56. The lowest BCUT2D eigenvalue weighted by Gasteiger charge is -2.24. The SMILES string of the molecule is CCC(C)OC[C@@]1(c2ccc(Cl)c(Cl)c2)[C@@H]2CNC[C@@H]21. The smallest absolute Gasteiger partial charge is 0.0595 e. The number of piperidine rings is 1. The Bertz CT molecular complexity index is 495. The fourth-order valence-corrected chi connectivity index (χ4v) is 3.85. The first-order valence-corrected chi connectivity index (χ1v) is 8.13. The van der Waals surface area contributed by atoms with E-state index in [0.29, 0.717) is 28.0 Å². The molecule has 2 nitrogen and oxygen atoms in total. The standard InChI is InChI=1S/C16H21Cl2NO/c1-3-10(2)20-9-16(12-7-19-8-13(12)16)11-4-5-14(17)15(18)6-11/h4-6,10,12-13,19H,3,7-9H2,1-2H3/t10?,12-,13+,16-. The first-order chi connectivity index (χ1) is 9.59. The van der Waals surface area contributed by atoms with Crippen molar-refractivity contribution in [2.24, 2.45) is 11.8 Å². The zero-order chi connectivity index (χ0) is 14.3. The number of benzene rings is 1. The van der Waals surface area contributed by atoms with Gasteiger partial charge in [0.05, 0.1) is 22.8 Å². The third-order valence-corrected chi connectivity index (χ3v) is 5.81. The first-order valence-electron chi connectivity index (χ1n) is 7.37. The van der Waals surface area contributed by atoms with E-state index in [2.05, 4.69) is 25.2 Å². The number of halogens is 2. The molecule has 2 fully saturated rings. The predicted molar refractivity (Wildman–Crippen MR) is 83.7 cm³/mol. The van der Waals surface area contributed by atoms with E-state index in [1.165, 1.54) is 5.56 Å². The van der Waals surface area contributed by atoms with Crippen LogP contribution >= 0.6 is 23.2 Å². The van der Waals surface area contributed by atoms with Gasteiger partial charge < -0.3 is 10.1 Å². The summed E-state index contributed by atoms with van der Waals surface area (Å²) >= 11 is 12.3.